The van der Waals surface area contributed by atoms with Crippen LogP contribution in [-0.2, 0) is 25.4 Å². The van der Waals surface area contributed by atoms with Crippen molar-refractivity contribution < 1.29 is 31.8 Å². The van der Waals surface area contributed by atoms with Crippen molar-refractivity contribution in [3.05, 3.63) is 0 Å². The van der Waals surface area contributed by atoms with Gasteiger partial charge >= 0.3 is 31.8 Å². The molecule has 0 saturated carbocycles. The van der Waals surface area contributed by atoms with Gasteiger partial charge in [0.15, 0.2) is 0 Å². The fourth-order valence-corrected chi connectivity index (χ4v) is 0. The maximum atomic E-state index is 8.61. The van der Waals surface area contributed by atoms with Gasteiger partial charge in [-0.25, -0.2) is 0 Å². The van der Waals surface area contributed by atoms with Crippen LogP contribution in [0.25, 0.3) is 0 Å². The molecule has 26 valence electrons. The first kappa shape index (κ1) is 9.98. The molecule has 0 aromatic heterocycles. The third-order valence-electron chi connectivity index (χ3n) is 0. The molecule has 0 aromatic carbocycles. The van der Waals surface area contributed by atoms with Gasteiger partial charge in [0.1, 0.15) is 0 Å². The van der Waals surface area contributed by atoms with Gasteiger partial charge in [0.05, 0.1) is 0 Å². The molecule has 0 fully saturated rings. The summed E-state index contributed by atoms with van der Waals surface area (Å²) in [5.74, 6) is 0. The van der Waals surface area contributed by atoms with Crippen molar-refractivity contribution in [3.63, 3.8) is 0 Å². The van der Waals surface area contributed by atoms with Gasteiger partial charge in [-0.2, -0.15) is 0 Å². The second-order valence-electron chi connectivity index (χ2n) is 0.250. The SMILES string of the molecule is [Ca].[O]=[Zr]([O-])[O-]. The molecule has 0 unspecified atom stereocenters. The molecule has 3 nitrogen and oxygen atoms in total. The molecule has 5 heteroatoms. The quantitative estimate of drug-likeness (QED) is 0.375. The van der Waals surface area contributed by atoms with Crippen molar-refractivity contribution in [2.24, 2.45) is 0 Å². The van der Waals surface area contributed by atoms with Crippen molar-refractivity contribution in [3.8, 4) is 0 Å². The summed E-state index contributed by atoms with van der Waals surface area (Å²) in [6.45, 7) is 0. The summed E-state index contributed by atoms with van der Waals surface area (Å²) in [4.78, 5) is 0. The third kappa shape index (κ3) is 25.2. The van der Waals surface area contributed by atoms with Gasteiger partial charge in [-0.1, -0.05) is 0 Å². The van der Waals surface area contributed by atoms with E-state index < -0.39 is 22.6 Å². The van der Waals surface area contributed by atoms with Crippen molar-refractivity contribution in [2.75, 3.05) is 0 Å². The molecule has 0 aliphatic carbocycles. The standard InChI is InChI=1S/Ca.3O.Zr/q;;2*-1;. The number of hydrogen-bond acceptors (Lipinski definition) is 3. The Kier molecular flexibility index (Phi) is 11.7. The average Bonchev–Trinajstić information content (AvgIpc) is 0.811. The van der Waals surface area contributed by atoms with E-state index in [2.05, 4.69) is 0 Å². The van der Waals surface area contributed by atoms with E-state index in [-0.39, 0.29) is 37.7 Å². The van der Waals surface area contributed by atoms with Crippen LogP contribution in [0.1, 0.15) is 0 Å². The first-order chi connectivity index (χ1) is 1.73. The van der Waals surface area contributed by atoms with E-state index in [0.29, 0.717) is 0 Å². The molecule has 0 aliphatic heterocycles. The molecule has 0 aromatic rings. The van der Waals surface area contributed by atoms with Gasteiger partial charge < -0.3 is 0 Å². The molecule has 0 rings (SSSR count). The number of hydrogen-bond donors (Lipinski definition) is 0. The molecule has 0 atom stereocenters. The molecule has 0 amide bonds. The Morgan fingerprint density at radius 2 is 1.40 bits per heavy atom. The Bertz CT molecular complexity index is 29.9. The topological polar surface area (TPSA) is 63.2 Å². The van der Waals surface area contributed by atoms with Gasteiger partial charge in [0.25, 0.3) is 0 Å². The molecule has 0 spiro atoms. The Morgan fingerprint density at radius 1 is 1.40 bits per heavy atom. The average molecular weight is 179 g/mol. The zero-order valence-corrected chi connectivity index (χ0v) is 7.10. The molecular formula is CaO3Zr-2. The first-order valence-corrected chi connectivity index (χ1v) is 3.62. The predicted octanol–water partition coefficient (Wildman–Crippen LogP) is -2.88. The first-order valence-electron chi connectivity index (χ1n) is 0.612. The van der Waals surface area contributed by atoms with Crippen LogP contribution in [0, 0.1) is 0 Å². The molecular weight excluding hydrogens is 179 g/mol. The molecule has 0 N–H and O–H groups in total. The Morgan fingerprint density at radius 3 is 1.40 bits per heavy atom. The molecule has 0 saturated heterocycles. The van der Waals surface area contributed by atoms with Crippen molar-refractivity contribution >= 4 is 37.7 Å². The van der Waals surface area contributed by atoms with Gasteiger partial charge in [0, 0.05) is 37.7 Å². The minimum absolute atomic E-state index is 0. The van der Waals surface area contributed by atoms with Crippen LogP contribution in [0.15, 0.2) is 0 Å². The van der Waals surface area contributed by atoms with E-state index >= 15 is 0 Å². The van der Waals surface area contributed by atoms with Crippen molar-refractivity contribution in [2.45, 2.75) is 0 Å². The Balaban J connectivity index is 0. The summed E-state index contributed by atoms with van der Waals surface area (Å²) in [6, 6.07) is 0. The zero-order chi connectivity index (χ0) is 3.58. The predicted molar refractivity (Wildman–Crippen MR) is 6.44 cm³/mol. The van der Waals surface area contributed by atoms with Crippen LogP contribution >= 0.6 is 0 Å². The molecule has 0 bridgehead atoms. The monoisotopic (exact) mass is 178 g/mol. The van der Waals surface area contributed by atoms with Crippen LogP contribution in [0.2, 0.25) is 0 Å². The molecule has 0 heterocycles. The summed E-state index contributed by atoms with van der Waals surface area (Å²) < 4.78 is 25.8. The zero-order valence-electron chi connectivity index (χ0n) is 2.43. The summed E-state index contributed by atoms with van der Waals surface area (Å²) in [7, 11) is 0. The summed E-state index contributed by atoms with van der Waals surface area (Å²) in [5.41, 5.74) is 0. The van der Waals surface area contributed by atoms with E-state index in [1.54, 1.807) is 0 Å². The van der Waals surface area contributed by atoms with Crippen LogP contribution < -0.4 is 6.37 Å². The van der Waals surface area contributed by atoms with Crippen LogP contribution in [-0.4, -0.2) is 37.7 Å². The maximum absolute atomic E-state index is 8.61. The normalized spacial score (nSPS) is 5.20. The van der Waals surface area contributed by atoms with E-state index in [9.17, 15) is 0 Å². The van der Waals surface area contributed by atoms with E-state index in [4.69, 9.17) is 9.18 Å². The Labute approximate surface area is 68.4 Å². The summed E-state index contributed by atoms with van der Waals surface area (Å²) in [5, 5.41) is 0. The van der Waals surface area contributed by atoms with Crippen molar-refractivity contribution in [1.29, 1.82) is 0 Å². The fourth-order valence-electron chi connectivity index (χ4n) is 0. The molecule has 0 aliphatic rings. The van der Waals surface area contributed by atoms with Gasteiger partial charge in [-0.3, -0.25) is 0 Å². The summed E-state index contributed by atoms with van der Waals surface area (Å²) in [6.07, 6.45) is 0. The van der Waals surface area contributed by atoms with E-state index in [1.165, 1.54) is 0 Å². The van der Waals surface area contributed by atoms with Crippen LogP contribution in [0.4, 0.5) is 0 Å². The Hall–Kier alpha value is 1.86. The van der Waals surface area contributed by atoms with Gasteiger partial charge in [-0.15, -0.1) is 0 Å². The third-order valence-corrected chi connectivity index (χ3v) is 0. The second-order valence-corrected chi connectivity index (χ2v) is 1.48. The molecule has 5 heavy (non-hydrogen) atoms. The van der Waals surface area contributed by atoms with Gasteiger partial charge in [-0.05, 0) is 0 Å². The van der Waals surface area contributed by atoms with Crippen LogP contribution in [0.5, 0.6) is 0 Å². The van der Waals surface area contributed by atoms with Gasteiger partial charge in [0.2, 0.25) is 0 Å². The van der Waals surface area contributed by atoms with Crippen LogP contribution in [0.3, 0.4) is 0 Å². The van der Waals surface area contributed by atoms with E-state index in [0.717, 1.165) is 0 Å². The molecule has 2 radical (unpaired) electrons. The fraction of sp³-hybridized carbons (Fsp3) is 0. The second kappa shape index (κ2) is 5.86. The number of rotatable bonds is 0. The minimum atomic E-state index is -4.29. The summed E-state index contributed by atoms with van der Waals surface area (Å²) >= 11 is -4.29. The van der Waals surface area contributed by atoms with E-state index in [1.807, 2.05) is 0 Å². The van der Waals surface area contributed by atoms with Crippen molar-refractivity contribution in [1.82, 2.24) is 0 Å².